The first-order valence-corrected chi connectivity index (χ1v) is 8.40. The molecule has 2 heterocycles. The predicted octanol–water partition coefficient (Wildman–Crippen LogP) is 2.37. The highest BCUT2D eigenvalue weighted by molar-refractivity contribution is 5.20. The molecule has 0 atom stereocenters. The lowest BCUT2D eigenvalue weighted by atomic mass is 10.2. The highest BCUT2D eigenvalue weighted by Gasteiger charge is 2.31. The number of piperazine rings is 1. The summed E-state index contributed by atoms with van der Waals surface area (Å²) in [7, 11) is 0. The van der Waals surface area contributed by atoms with Crippen molar-refractivity contribution < 1.29 is 4.42 Å². The molecule has 0 bridgehead atoms. The number of hydrogen-bond acceptors (Lipinski definition) is 4. The van der Waals surface area contributed by atoms with Gasteiger partial charge in [-0.1, -0.05) is 13.8 Å². The molecule has 1 saturated heterocycles. The Hall–Kier alpha value is -0.840. The smallest absolute Gasteiger partial charge is 0.120 e. The molecule has 4 nitrogen and oxygen atoms in total. The van der Waals surface area contributed by atoms with Crippen LogP contribution in [0, 0.1) is 6.92 Å². The zero-order valence-corrected chi connectivity index (χ0v) is 13.7. The van der Waals surface area contributed by atoms with Gasteiger partial charge in [0.1, 0.15) is 11.5 Å². The first-order chi connectivity index (χ1) is 10.1. The van der Waals surface area contributed by atoms with Crippen LogP contribution < -0.4 is 5.32 Å². The van der Waals surface area contributed by atoms with Crippen LogP contribution in [-0.2, 0) is 13.1 Å². The molecule has 1 N–H and O–H groups in total. The second kappa shape index (κ2) is 6.51. The molecule has 1 saturated carbocycles. The zero-order valence-electron chi connectivity index (χ0n) is 13.7. The summed E-state index contributed by atoms with van der Waals surface area (Å²) in [6, 6.07) is 3.62. The van der Waals surface area contributed by atoms with Crippen LogP contribution >= 0.6 is 0 Å². The SMILES string of the molecule is Cc1cc(CN2CCN(C3CC3)CC2)oc1CNC(C)C. The number of nitrogens with one attached hydrogen (secondary N) is 1. The third kappa shape index (κ3) is 4.09. The largest absolute Gasteiger partial charge is 0.463 e. The van der Waals surface area contributed by atoms with Gasteiger partial charge in [0.25, 0.3) is 0 Å². The van der Waals surface area contributed by atoms with Crippen molar-refractivity contribution in [1.29, 1.82) is 0 Å². The number of nitrogens with zero attached hydrogens (tertiary/aromatic N) is 2. The van der Waals surface area contributed by atoms with Gasteiger partial charge in [-0.3, -0.25) is 9.80 Å². The lowest BCUT2D eigenvalue weighted by Crippen LogP contribution is -2.46. The molecule has 118 valence electrons. The first kappa shape index (κ1) is 15.1. The molecule has 3 rings (SSSR count). The monoisotopic (exact) mass is 291 g/mol. The van der Waals surface area contributed by atoms with Crippen molar-refractivity contribution in [2.75, 3.05) is 26.2 Å². The van der Waals surface area contributed by atoms with Gasteiger partial charge >= 0.3 is 0 Å². The van der Waals surface area contributed by atoms with Gasteiger partial charge in [0, 0.05) is 38.3 Å². The quantitative estimate of drug-likeness (QED) is 0.872. The second-order valence-electron chi connectivity index (χ2n) is 6.90. The lowest BCUT2D eigenvalue weighted by Gasteiger charge is -2.34. The Labute approximate surface area is 128 Å². The molecule has 1 aliphatic heterocycles. The Morgan fingerprint density at radius 3 is 2.57 bits per heavy atom. The molecule has 0 spiro atoms. The van der Waals surface area contributed by atoms with Gasteiger partial charge in [-0.05, 0) is 31.4 Å². The van der Waals surface area contributed by atoms with Gasteiger partial charge in [0.2, 0.25) is 0 Å². The van der Waals surface area contributed by atoms with E-state index in [-0.39, 0.29) is 0 Å². The Kier molecular flexibility index (Phi) is 4.67. The van der Waals surface area contributed by atoms with Crippen molar-refractivity contribution in [3.63, 3.8) is 0 Å². The van der Waals surface area contributed by atoms with E-state index in [2.05, 4.69) is 42.0 Å². The molecule has 0 radical (unpaired) electrons. The van der Waals surface area contributed by atoms with Crippen molar-refractivity contribution >= 4 is 0 Å². The maximum absolute atomic E-state index is 6.04. The molecule has 0 amide bonds. The molecule has 0 aromatic carbocycles. The summed E-state index contributed by atoms with van der Waals surface area (Å²) in [5, 5.41) is 3.43. The molecule has 1 aromatic heterocycles. The van der Waals surface area contributed by atoms with E-state index in [9.17, 15) is 0 Å². The van der Waals surface area contributed by atoms with E-state index in [1.807, 2.05) is 0 Å². The van der Waals surface area contributed by atoms with Crippen molar-refractivity contribution in [2.45, 2.75) is 58.8 Å². The summed E-state index contributed by atoms with van der Waals surface area (Å²) in [6.45, 7) is 13.1. The van der Waals surface area contributed by atoms with Crippen molar-refractivity contribution in [3.05, 3.63) is 23.2 Å². The van der Waals surface area contributed by atoms with Gasteiger partial charge in [0.15, 0.2) is 0 Å². The summed E-state index contributed by atoms with van der Waals surface area (Å²) in [6.07, 6.45) is 2.84. The van der Waals surface area contributed by atoms with Crippen LogP contribution in [0.3, 0.4) is 0 Å². The standard InChI is InChI=1S/C17H29N3O/c1-13(2)18-11-17-14(3)10-16(21-17)12-19-6-8-20(9-7-19)15-4-5-15/h10,13,15,18H,4-9,11-12H2,1-3H3. The predicted molar refractivity (Wildman–Crippen MR) is 85.3 cm³/mol. The number of aryl methyl sites for hydroxylation is 1. The topological polar surface area (TPSA) is 31.6 Å². The summed E-state index contributed by atoms with van der Waals surface area (Å²) in [5.41, 5.74) is 1.27. The van der Waals surface area contributed by atoms with Crippen molar-refractivity contribution in [2.24, 2.45) is 0 Å². The van der Waals surface area contributed by atoms with Gasteiger partial charge in [-0.2, -0.15) is 0 Å². The molecule has 21 heavy (non-hydrogen) atoms. The van der Waals surface area contributed by atoms with Gasteiger partial charge < -0.3 is 9.73 Å². The highest BCUT2D eigenvalue weighted by atomic mass is 16.3. The van der Waals surface area contributed by atoms with Crippen LogP contribution in [0.2, 0.25) is 0 Å². The van der Waals surface area contributed by atoms with Crippen LogP contribution in [0.4, 0.5) is 0 Å². The Balaban J connectivity index is 1.49. The fourth-order valence-electron chi connectivity index (χ4n) is 3.09. The van der Waals surface area contributed by atoms with E-state index in [1.54, 1.807) is 0 Å². The minimum Gasteiger partial charge on any atom is -0.463 e. The van der Waals surface area contributed by atoms with Crippen molar-refractivity contribution in [3.8, 4) is 0 Å². The average Bonchev–Trinajstić information content (AvgIpc) is 3.23. The maximum atomic E-state index is 6.04. The van der Waals surface area contributed by atoms with Crippen LogP contribution in [0.25, 0.3) is 0 Å². The second-order valence-corrected chi connectivity index (χ2v) is 6.90. The number of furan rings is 1. The van der Waals surface area contributed by atoms with Crippen LogP contribution in [0.15, 0.2) is 10.5 Å². The van der Waals surface area contributed by atoms with E-state index >= 15 is 0 Å². The average molecular weight is 291 g/mol. The van der Waals surface area contributed by atoms with Gasteiger partial charge in [-0.25, -0.2) is 0 Å². The van der Waals surface area contributed by atoms with E-state index in [4.69, 9.17) is 4.42 Å². The fraction of sp³-hybridized carbons (Fsp3) is 0.765. The van der Waals surface area contributed by atoms with Crippen LogP contribution in [0.5, 0.6) is 0 Å². The molecular formula is C17H29N3O. The number of hydrogen-bond donors (Lipinski definition) is 1. The summed E-state index contributed by atoms with van der Waals surface area (Å²) >= 11 is 0. The molecule has 2 aliphatic rings. The maximum Gasteiger partial charge on any atom is 0.120 e. The Morgan fingerprint density at radius 2 is 1.95 bits per heavy atom. The summed E-state index contributed by atoms with van der Waals surface area (Å²) in [5.74, 6) is 2.21. The van der Waals surface area contributed by atoms with Crippen molar-refractivity contribution in [1.82, 2.24) is 15.1 Å². The summed E-state index contributed by atoms with van der Waals surface area (Å²) in [4.78, 5) is 5.18. The minimum atomic E-state index is 0.494. The Bertz CT molecular complexity index is 457. The van der Waals surface area contributed by atoms with Gasteiger partial charge in [-0.15, -0.1) is 0 Å². The molecular weight excluding hydrogens is 262 g/mol. The van der Waals surface area contributed by atoms with E-state index in [0.29, 0.717) is 6.04 Å². The third-order valence-electron chi connectivity index (χ3n) is 4.59. The van der Waals surface area contributed by atoms with E-state index < -0.39 is 0 Å². The Morgan fingerprint density at radius 1 is 1.24 bits per heavy atom. The van der Waals surface area contributed by atoms with Gasteiger partial charge in [0.05, 0.1) is 13.1 Å². The van der Waals surface area contributed by atoms with Crippen LogP contribution in [-0.4, -0.2) is 48.1 Å². The molecule has 1 aliphatic carbocycles. The van der Waals surface area contributed by atoms with E-state index in [1.165, 1.54) is 44.6 Å². The summed E-state index contributed by atoms with van der Waals surface area (Å²) < 4.78 is 6.04. The molecule has 0 unspecified atom stereocenters. The van der Waals surface area contributed by atoms with E-state index in [0.717, 1.165) is 30.7 Å². The molecule has 2 fully saturated rings. The highest BCUT2D eigenvalue weighted by Crippen LogP contribution is 2.27. The first-order valence-electron chi connectivity index (χ1n) is 8.40. The third-order valence-corrected chi connectivity index (χ3v) is 4.59. The minimum absolute atomic E-state index is 0.494. The molecule has 1 aromatic rings. The number of rotatable bonds is 6. The molecule has 4 heteroatoms. The lowest BCUT2D eigenvalue weighted by molar-refractivity contribution is 0.115. The van der Waals surface area contributed by atoms with Crippen LogP contribution in [0.1, 0.15) is 43.8 Å². The fourth-order valence-corrected chi connectivity index (χ4v) is 3.09. The normalized spacial score (nSPS) is 21.3. The zero-order chi connectivity index (χ0) is 14.8.